The smallest absolute Gasteiger partial charge is 0.328 e. The molecule has 1 N–H and O–H groups in total. The van der Waals surface area contributed by atoms with Gasteiger partial charge in [0.25, 0.3) is 0 Å². The van der Waals surface area contributed by atoms with Crippen LogP contribution >= 0.6 is 0 Å². The first kappa shape index (κ1) is 16.6. The monoisotopic (exact) mass is 314 g/mol. The lowest BCUT2D eigenvalue weighted by atomic mass is 9.96. The fourth-order valence-electron chi connectivity index (χ4n) is 2.15. The Bertz CT molecular complexity index is 692. The first-order valence-corrected chi connectivity index (χ1v) is 6.96. The summed E-state index contributed by atoms with van der Waals surface area (Å²) in [5, 5.41) is 9.23. The third kappa shape index (κ3) is 4.34. The topological polar surface area (TPSA) is 65.0 Å². The molecule has 0 amide bonds. The van der Waals surface area contributed by atoms with E-state index in [2.05, 4.69) is 0 Å². The molecule has 0 aliphatic carbocycles. The van der Waals surface area contributed by atoms with Gasteiger partial charge < -0.3 is 19.3 Å². The Balaban J connectivity index is 2.59. The van der Waals surface area contributed by atoms with E-state index in [1.807, 2.05) is 30.3 Å². The third-order valence-corrected chi connectivity index (χ3v) is 3.16. The van der Waals surface area contributed by atoms with Crippen molar-refractivity contribution in [3.63, 3.8) is 0 Å². The van der Waals surface area contributed by atoms with E-state index in [0.717, 1.165) is 11.6 Å². The number of carboxylic acids is 1. The summed E-state index contributed by atoms with van der Waals surface area (Å²) >= 11 is 0. The number of hydrogen-bond donors (Lipinski definition) is 1. The van der Waals surface area contributed by atoms with Crippen LogP contribution in [-0.4, -0.2) is 32.1 Å². The van der Waals surface area contributed by atoms with Crippen LogP contribution in [0.2, 0.25) is 0 Å². The van der Waals surface area contributed by atoms with Crippen molar-refractivity contribution < 1.29 is 24.1 Å². The second-order valence-electron chi connectivity index (χ2n) is 4.68. The van der Waals surface area contributed by atoms with E-state index in [1.165, 1.54) is 7.11 Å². The Morgan fingerprint density at radius 1 is 1.13 bits per heavy atom. The molecule has 0 heterocycles. The molecule has 0 spiro atoms. The van der Waals surface area contributed by atoms with E-state index in [0.29, 0.717) is 22.6 Å². The Morgan fingerprint density at radius 2 is 1.87 bits per heavy atom. The molecule has 23 heavy (non-hydrogen) atoms. The van der Waals surface area contributed by atoms with Crippen LogP contribution in [0, 0.1) is 0 Å². The van der Waals surface area contributed by atoms with Crippen LogP contribution in [0.3, 0.4) is 0 Å². The predicted molar refractivity (Wildman–Crippen MR) is 86.7 cm³/mol. The summed E-state index contributed by atoms with van der Waals surface area (Å²) < 4.78 is 15.7. The Labute approximate surface area is 134 Å². The zero-order chi connectivity index (χ0) is 16.7. The zero-order valence-electron chi connectivity index (χ0n) is 13.0. The van der Waals surface area contributed by atoms with E-state index in [9.17, 15) is 9.90 Å². The molecule has 2 rings (SSSR count). The summed E-state index contributed by atoms with van der Waals surface area (Å²) in [6.07, 6.45) is 1.16. The van der Waals surface area contributed by atoms with Gasteiger partial charge in [-0.05, 0) is 29.3 Å². The number of methoxy groups -OCH3 is 2. The zero-order valence-corrected chi connectivity index (χ0v) is 13.0. The van der Waals surface area contributed by atoms with E-state index in [1.54, 1.807) is 25.3 Å². The van der Waals surface area contributed by atoms with Gasteiger partial charge in [0.15, 0.2) is 6.79 Å². The molecule has 0 aromatic heterocycles. The van der Waals surface area contributed by atoms with Crippen LogP contribution in [0.15, 0.2) is 54.6 Å². The van der Waals surface area contributed by atoms with Crippen molar-refractivity contribution in [2.45, 2.75) is 0 Å². The minimum atomic E-state index is -1.04. The van der Waals surface area contributed by atoms with Crippen molar-refractivity contribution >= 4 is 11.5 Å². The molecule has 0 fully saturated rings. The van der Waals surface area contributed by atoms with Gasteiger partial charge in [-0.2, -0.15) is 0 Å². The van der Waals surface area contributed by atoms with E-state index < -0.39 is 5.97 Å². The number of aliphatic carboxylic acids is 1. The molecule has 0 radical (unpaired) electrons. The molecule has 5 heteroatoms. The first-order valence-electron chi connectivity index (χ1n) is 6.96. The van der Waals surface area contributed by atoms with Gasteiger partial charge >= 0.3 is 5.97 Å². The summed E-state index contributed by atoms with van der Waals surface area (Å²) in [5.41, 5.74) is 1.92. The molecule has 0 unspecified atom stereocenters. The van der Waals surface area contributed by atoms with Crippen molar-refractivity contribution in [1.29, 1.82) is 0 Å². The molecule has 0 aliphatic heterocycles. The average Bonchev–Trinajstić information content (AvgIpc) is 2.58. The van der Waals surface area contributed by atoms with Gasteiger partial charge in [-0.25, -0.2) is 4.79 Å². The summed E-state index contributed by atoms with van der Waals surface area (Å²) in [6.45, 7) is 0.0640. The van der Waals surface area contributed by atoms with E-state index >= 15 is 0 Å². The number of carboxylic acid groups (broad SMARTS) is 1. The SMILES string of the molecule is COCOc1ccc(OC)cc1/C(=C/C(=O)O)c1ccccc1. The largest absolute Gasteiger partial charge is 0.497 e. The summed E-state index contributed by atoms with van der Waals surface area (Å²) in [4.78, 5) is 11.3. The van der Waals surface area contributed by atoms with Crippen LogP contribution in [0.4, 0.5) is 0 Å². The highest BCUT2D eigenvalue weighted by Crippen LogP contribution is 2.34. The van der Waals surface area contributed by atoms with Gasteiger partial charge in [0.2, 0.25) is 0 Å². The molecule has 0 atom stereocenters. The second-order valence-corrected chi connectivity index (χ2v) is 4.68. The van der Waals surface area contributed by atoms with Gasteiger partial charge in [-0.3, -0.25) is 0 Å². The van der Waals surface area contributed by atoms with E-state index in [-0.39, 0.29) is 6.79 Å². The maximum absolute atomic E-state index is 11.3. The minimum Gasteiger partial charge on any atom is -0.497 e. The second kappa shape index (κ2) is 8.00. The Morgan fingerprint density at radius 3 is 2.48 bits per heavy atom. The fourth-order valence-corrected chi connectivity index (χ4v) is 2.15. The lowest BCUT2D eigenvalue weighted by Crippen LogP contribution is -2.03. The molecule has 5 nitrogen and oxygen atoms in total. The molecule has 2 aromatic carbocycles. The molecule has 120 valence electrons. The summed E-state index contributed by atoms with van der Waals surface area (Å²) in [5.74, 6) is 0.0883. The highest BCUT2D eigenvalue weighted by atomic mass is 16.7. The minimum absolute atomic E-state index is 0.0640. The number of carbonyl (C=O) groups is 1. The van der Waals surface area contributed by atoms with Crippen LogP contribution < -0.4 is 9.47 Å². The van der Waals surface area contributed by atoms with Crippen molar-refractivity contribution in [1.82, 2.24) is 0 Å². The predicted octanol–water partition coefficient (Wildman–Crippen LogP) is 3.19. The quantitative estimate of drug-likeness (QED) is 0.628. The normalized spacial score (nSPS) is 11.1. The molecule has 0 bridgehead atoms. The maximum atomic E-state index is 11.3. The van der Waals surface area contributed by atoms with Gasteiger partial charge in [-0.15, -0.1) is 0 Å². The first-order chi connectivity index (χ1) is 11.2. The molecule has 0 saturated carbocycles. The third-order valence-electron chi connectivity index (χ3n) is 3.16. The lowest BCUT2D eigenvalue weighted by molar-refractivity contribution is -0.131. The number of rotatable bonds is 7. The van der Waals surface area contributed by atoms with Crippen molar-refractivity contribution in [2.75, 3.05) is 21.0 Å². The van der Waals surface area contributed by atoms with Gasteiger partial charge in [0.1, 0.15) is 11.5 Å². The number of ether oxygens (including phenoxy) is 3. The van der Waals surface area contributed by atoms with E-state index in [4.69, 9.17) is 14.2 Å². The number of hydrogen-bond acceptors (Lipinski definition) is 4. The van der Waals surface area contributed by atoms with Gasteiger partial charge in [-0.1, -0.05) is 30.3 Å². The highest BCUT2D eigenvalue weighted by molar-refractivity contribution is 5.96. The summed E-state index contributed by atoms with van der Waals surface area (Å²) in [7, 11) is 3.08. The lowest BCUT2D eigenvalue weighted by Gasteiger charge is -2.15. The van der Waals surface area contributed by atoms with Gasteiger partial charge in [0.05, 0.1) is 7.11 Å². The van der Waals surface area contributed by atoms with Crippen molar-refractivity contribution in [3.05, 3.63) is 65.7 Å². The Kier molecular flexibility index (Phi) is 5.77. The molecule has 0 aliphatic rings. The van der Waals surface area contributed by atoms with Crippen LogP contribution in [0.1, 0.15) is 11.1 Å². The van der Waals surface area contributed by atoms with Crippen LogP contribution in [0.25, 0.3) is 5.57 Å². The average molecular weight is 314 g/mol. The Hall–Kier alpha value is -2.79. The van der Waals surface area contributed by atoms with Crippen LogP contribution in [0.5, 0.6) is 11.5 Å². The maximum Gasteiger partial charge on any atom is 0.328 e. The molecule has 0 saturated heterocycles. The van der Waals surface area contributed by atoms with Crippen molar-refractivity contribution in [2.24, 2.45) is 0 Å². The highest BCUT2D eigenvalue weighted by Gasteiger charge is 2.14. The standard InChI is InChI=1S/C18H18O5/c1-21-12-23-17-9-8-14(22-2)10-16(17)15(11-18(19)20)13-6-4-3-5-7-13/h3-11H,12H2,1-2H3,(H,19,20)/b15-11+. The van der Waals surface area contributed by atoms with Gasteiger partial charge in [0, 0.05) is 18.7 Å². The van der Waals surface area contributed by atoms with Crippen LogP contribution in [-0.2, 0) is 9.53 Å². The molecular formula is C18H18O5. The number of benzene rings is 2. The molecule has 2 aromatic rings. The van der Waals surface area contributed by atoms with Crippen molar-refractivity contribution in [3.8, 4) is 11.5 Å². The summed E-state index contributed by atoms with van der Waals surface area (Å²) in [6, 6.07) is 14.5. The molecular weight excluding hydrogens is 296 g/mol. The fraction of sp³-hybridized carbons (Fsp3) is 0.167.